The Morgan fingerprint density at radius 1 is 0.917 bits per heavy atom. The van der Waals surface area contributed by atoms with E-state index in [1.54, 1.807) is 13.8 Å². The number of nitrogens with zero attached hydrogens (tertiary/aromatic N) is 2. The van der Waals surface area contributed by atoms with Gasteiger partial charge in [0.25, 0.3) is 0 Å². The molecule has 130 valence electrons. The van der Waals surface area contributed by atoms with E-state index in [0.29, 0.717) is 18.9 Å². The molecule has 0 aliphatic heterocycles. The summed E-state index contributed by atoms with van der Waals surface area (Å²) in [5.41, 5.74) is -1.40. The minimum Gasteiger partial charge on any atom is -0.652 e. The molecule has 0 saturated carbocycles. The quantitative estimate of drug-likeness (QED) is 0.443. The molecule has 7 heteroatoms. The minimum atomic E-state index is -0.718. The van der Waals surface area contributed by atoms with Crippen molar-refractivity contribution in [2.24, 2.45) is 22.2 Å². The largest absolute Gasteiger partial charge is 1.00 e. The first kappa shape index (κ1) is 31.6. The summed E-state index contributed by atoms with van der Waals surface area (Å²) < 4.78 is 3.44. The van der Waals surface area contributed by atoms with Crippen molar-refractivity contribution in [2.45, 2.75) is 68.2 Å². The number of hydrogen-bond acceptors (Lipinski definition) is 3. The van der Waals surface area contributed by atoms with Gasteiger partial charge in [-0.2, -0.15) is 0 Å². The van der Waals surface area contributed by atoms with Gasteiger partial charge in [0.2, 0.25) is 0 Å². The van der Waals surface area contributed by atoms with E-state index >= 15 is 0 Å². The zero-order valence-corrected chi connectivity index (χ0v) is 28.1. The van der Waals surface area contributed by atoms with Crippen LogP contribution in [0.2, 0.25) is 0 Å². The van der Waals surface area contributed by atoms with Crippen molar-refractivity contribution in [3.05, 3.63) is 10.0 Å². The fourth-order valence-corrected chi connectivity index (χ4v) is 3.33. The summed E-state index contributed by atoms with van der Waals surface area (Å²) in [6.45, 7) is 16.3. The summed E-state index contributed by atoms with van der Waals surface area (Å²) >= 11 is 3.69. The molecule has 0 unspecified atom stereocenters. The number of rotatable bonds is 8. The van der Waals surface area contributed by atoms with Crippen LogP contribution in [0.5, 0.6) is 0 Å². The van der Waals surface area contributed by atoms with E-state index in [4.69, 9.17) is 0 Å². The van der Waals surface area contributed by atoms with Gasteiger partial charge in [-0.15, -0.1) is 6.54 Å². The summed E-state index contributed by atoms with van der Waals surface area (Å²) in [4.78, 5) is 24.2. The van der Waals surface area contributed by atoms with Gasteiger partial charge in [-0.1, -0.05) is 60.8 Å². The van der Waals surface area contributed by atoms with Crippen LogP contribution in [-0.4, -0.2) is 18.4 Å². The molecule has 4 nitrogen and oxygen atoms in total. The maximum absolute atomic E-state index is 12.5. The van der Waals surface area contributed by atoms with Gasteiger partial charge in [0.1, 0.15) is 0 Å². The van der Waals surface area contributed by atoms with Crippen molar-refractivity contribution in [3.63, 3.8) is 0 Å². The molecule has 0 aromatic carbocycles. The number of carbonyl (C=O) groups excluding carboxylic acids is 2. The number of thiol groups is 1. The second-order valence-electron chi connectivity index (χ2n) is 8.73. The molecule has 2 amide bonds. The van der Waals surface area contributed by atoms with Gasteiger partial charge in [-0.05, 0) is 18.8 Å². The summed E-state index contributed by atoms with van der Waals surface area (Å²) in [6, 6.07) is 0. The van der Waals surface area contributed by atoms with E-state index in [1.165, 1.54) is 0 Å². The third-order valence-corrected chi connectivity index (χ3v) is 3.93. The number of carbonyl (C=O) groups is 2. The van der Waals surface area contributed by atoms with Gasteiger partial charge in [-0.3, -0.25) is 12.8 Å². The standard InChI is InChI=1S/C17H34N2O2S.2Rb/c1-12(2)9-15(3,4)11-18-13(20)16(5,6)10-17(7,8)14(21)19-22;;/h12H,9-11H2,1-8H3,(H3,18,19,20,21,22);;/q;2*+1/p-2. The molecule has 0 spiro atoms. The van der Waals surface area contributed by atoms with Gasteiger partial charge in [0.15, 0.2) is 0 Å². The third-order valence-electron chi connectivity index (χ3n) is 3.74. The Hall–Kier alpha value is 2.90. The Balaban J connectivity index is -0.00000220. The van der Waals surface area contributed by atoms with Gasteiger partial charge < -0.3 is 19.6 Å². The molecule has 0 rings (SSSR count). The van der Waals surface area contributed by atoms with Gasteiger partial charge in [0, 0.05) is 10.8 Å². The maximum Gasteiger partial charge on any atom is 1.00 e. The predicted molar refractivity (Wildman–Crippen MR) is 96.0 cm³/mol. The Morgan fingerprint density at radius 3 is 1.71 bits per heavy atom. The van der Waals surface area contributed by atoms with Crippen molar-refractivity contribution < 1.29 is 126 Å². The van der Waals surface area contributed by atoms with Crippen molar-refractivity contribution >= 4 is 24.6 Å². The first-order valence-corrected chi connectivity index (χ1v) is 8.25. The Kier molecular flexibility index (Phi) is 17.4. The van der Waals surface area contributed by atoms with Crippen LogP contribution in [0.15, 0.2) is 0 Å². The van der Waals surface area contributed by atoms with Gasteiger partial charge in [0.05, 0.1) is 11.8 Å². The first-order valence-electron chi connectivity index (χ1n) is 7.85. The molecule has 0 bridgehead atoms. The number of amides is 2. The van der Waals surface area contributed by atoms with Crippen LogP contribution in [0, 0.1) is 22.2 Å². The zero-order valence-electron chi connectivity index (χ0n) is 17.4. The summed E-state index contributed by atoms with van der Waals surface area (Å²) in [5, 5.41) is 4.29. The van der Waals surface area contributed by atoms with Crippen LogP contribution in [0.4, 0.5) is 0 Å². The van der Waals surface area contributed by atoms with Crippen molar-refractivity contribution in [3.8, 4) is 0 Å². The second-order valence-corrected chi connectivity index (χ2v) is 8.93. The molecule has 0 aromatic heterocycles. The normalized spacial score (nSPS) is 12.1. The van der Waals surface area contributed by atoms with E-state index in [9.17, 15) is 9.59 Å². The minimum absolute atomic E-state index is 0. The average Bonchev–Trinajstić information content (AvgIpc) is 2.31. The van der Waals surface area contributed by atoms with Crippen molar-refractivity contribution in [1.29, 1.82) is 0 Å². The third kappa shape index (κ3) is 12.4. The van der Waals surface area contributed by atoms with Crippen molar-refractivity contribution in [1.82, 2.24) is 0 Å². The molecule has 24 heavy (non-hydrogen) atoms. The first-order chi connectivity index (χ1) is 9.73. The molecule has 0 aromatic rings. The van der Waals surface area contributed by atoms with E-state index in [2.05, 4.69) is 50.5 Å². The fourth-order valence-electron chi connectivity index (χ4n) is 3.06. The summed E-state index contributed by atoms with van der Waals surface area (Å²) in [7, 11) is 0. The Morgan fingerprint density at radius 2 is 1.33 bits per heavy atom. The Labute approximate surface area is 252 Å². The van der Waals surface area contributed by atoms with Gasteiger partial charge in [-0.25, -0.2) is 0 Å². The molecule has 0 heterocycles. The smallest absolute Gasteiger partial charge is 0.652 e. The molecule has 0 N–H and O–H groups in total. The van der Waals surface area contributed by atoms with E-state index in [0.717, 1.165) is 6.42 Å². The second kappa shape index (κ2) is 13.2. The van der Waals surface area contributed by atoms with Crippen LogP contribution in [0.1, 0.15) is 68.2 Å². The van der Waals surface area contributed by atoms with Crippen LogP contribution in [0.25, 0.3) is 10.0 Å². The van der Waals surface area contributed by atoms with Crippen LogP contribution < -0.4 is 116 Å². The van der Waals surface area contributed by atoms with E-state index in [1.807, 2.05) is 13.8 Å². The molecule has 0 fully saturated rings. The average molecular weight is 499 g/mol. The molecule has 0 aliphatic rings. The van der Waals surface area contributed by atoms with Crippen LogP contribution in [-0.2, 0) is 9.59 Å². The van der Waals surface area contributed by atoms with E-state index in [-0.39, 0.29) is 134 Å². The maximum atomic E-state index is 12.5. The SMILES string of the molecule is CC(C)CC(C)(C)C[N-]C(=O)C(C)(C)CC(C)(C)C(=O)[N-]S.[Rb+].[Rb+]. The Bertz CT molecular complexity index is 411. The molecule has 0 saturated heterocycles. The van der Waals surface area contributed by atoms with Crippen molar-refractivity contribution in [2.75, 3.05) is 6.54 Å². The molecular weight excluding hydrogens is 467 g/mol. The molecular formula is C17H32N2O2Rb2S. The van der Waals surface area contributed by atoms with Gasteiger partial charge >= 0.3 is 116 Å². The monoisotopic (exact) mass is 498 g/mol. The number of hydrogen-bond donors (Lipinski definition) is 1. The summed E-state index contributed by atoms with van der Waals surface area (Å²) in [5.74, 6) is 0.114. The fraction of sp³-hybridized carbons (Fsp3) is 0.882. The van der Waals surface area contributed by atoms with Crippen LogP contribution >= 0.6 is 12.8 Å². The van der Waals surface area contributed by atoms with Crippen LogP contribution in [0.3, 0.4) is 0 Å². The molecule has 0 radical (unpaired) electrons. The molecule has 0 atom stereocenters. The zero-order chi connectivity index (χ0) is 17.8. The molecule has 0 aliphatic carbocycles. The predicted octanol–water partition coefficient (Wildman–Crippen LogP) is -0.845. The summed E-state index contributed by atoms with van der Waals surface area (Å²) in [6.07, 6.45) is 1.42. The van der Waals surface area contributed by atoms with E-state index < -0.39 is 10.8 Å². The topological polar surface area (TPSA) is 62.3 Å².